The number of para-hydroxylation sites is 1. The summed E-state index contributed by atoms with van der Waals surface area (Å²) in [4.78, 5) is 44.7. The molecule has 166 valence electrons. The number of hydrogen-bond donors (Lipinski definition) is 3. The van der Waals surface area contributed by atoms with Crippen LogP contribution in [0.1, 0.15) is 12.2 Å². The van der Waals surface area contributed by atoms with Crippen molar-refractivity contribution in [2.24, 2.45) is 0 Å². The molecule has 1 aliphatic rings. The van der Waals surface area contributed by atoms with Crippen LogP contribution < -0.4 is 10.2 Å². The maximum Gasteiger partial charge on any atom is 0.326 e. The Balaban J connectivity index is 1.51. The van der Waals surface area contributed by atoms with Crippen LogP contribution >= 0.6 is 0 Å². The van der Waals surface area contributed by atoms with Crippen LogP contribution in [0.2, 0.25) is 0 Å². The average Bonchev–Trinajstić information content (AvgIpc) is 2.79. The summed E-state index contributed by atoms with van der Waals surface area (Å²) >= 11 is 0. The van der Waals surface area contributed by atoms with Crippen LogP contribution in [-0.2, 0) is 16.1 Å². The molecule has 0 saturated carbocycles. The van der Waals surface area contributed by atoms with Crippen LogP contribution in [0.15, 0.2) is 42.7 Å². The molecule has 1 aromatic carbocycles. The first-order valence-electron chi connectivity index (χ1n) is 10.2. The average molecular weight is 437 g/mol. The third-order valence-electron chi connectivity index (χ3n) is 5.21. The van der Waals surface area contributed by atoms with Crippen LogP contribution in [0.25, 0.3) is 10.9 Å². The summed E-state index contributed by atoms with van der Waals surface area (Å²) < 4.78 is 0. The molecule has 1 unspecified atom stereocenters. The fourth-order valence-electron chi connectivity index (χ4n) is 3.61. The molecule has 0 spiro atoms. The lowest BCUT2D eigenvalue weighted by atomic mass is 10.2. The van der Waals surface area contributed by atoms with Crippen molar-refractivity contribution in [2.45, 2.75) is 19.0 Å². The first kappa shape index (κ1) is 21.4. The van der Waals surface area contributed by atoms with Crippen molar-refractivity contribution in [1.82, 2.24) is 24.8 Å². The van der Waals surface area contributed by atoms with E-state index in [-0.39, 0.29) is 0 Å². The highest BCUT2D eigenvalue weighted by Gasteiger charge is 2.24. The van der Waals surface area contributed by atoms with E-state index in [9.17, 15) is 14.7 Å². The molecule has 11 nitrogen and oxygen atoms in total. The van der Waals surface area contributed by atoms with Gasteiger partial charge >= 0.3 is 11.9 Å². The van der Waals surface area contributed by atoms with E-state index in [4.69, 9.17) is 5.11 Å². The molecule has 3 heterocycles. The monoisotopic (exact) mass is 437 g/mol. The van der Waals surface area contributed by atoms with Gasteiger partial charge in [-0.05, 0) is 18.2 Å². The van der Waals surface area contributed by atoms with Gasteiger partial charge in [0.1, 0.15) is 17.7 Å². The molecule has 32 heavy (non-hydrogen) atoms. The number of carboxylic acids is 2. The molecular weight excluding hydrogens is 414 g/mol. The van der Waals surface area contributed by atoms with Crippen molar-refractivity contribution in [3.63, 3.8) is 0 Å². The molecule has 1 aliphatic heterocycles. The van der Waals surface area contributed by atoms with Crippen molar-refractivity contribution >= 4 is 34.6 Å². The number of benzene rings is 1. The summed E-state index contributed by atoms with van der Waals surface area (Å²) in [5, 5.41) is 21.9. The summed E-state index contributed by atoms with van der Waals surface area (Å²) in [6, 6.07) is 7.73. The Morgan fingerprint density at radius 2 is 1.72 bits per heavy atom. The van der Waals surface area contributed by atoms with Crippen molar-refractivity contribution in [1.29, 1.82) is 0 Å². The molecule has 0 bridgehead atoms. The second-order valence-electron chi connectivity index (χ2n) is 7.45. The number of aromatic nitrogens is 4. The number of hydrogen-bond acceptors (Lipinski definition) is 9. The molecule has 0 radical (unpaired) electrons. The van der Waals surface area contributed by atoms with Gasteiger partial charge in [0.25, 0.3) is 0 Å². The zero-order chi connectivity index (χ0) is 22.5. The van der Waals surface area contributed by atoms with E-state index in [2.05, 4.69) is 35.1 Å². The van der Waals surface area contributed by atoms with E-state index in [1.807, 2.05) is 12.1 Å². The van der Waals surface area contributed by atoms with E-state index in [0.717, 1.165) is 26.2 Å². The lowest BCUT2D eigenvalue weighted by Crippen LogP contribution is -2.46. The molecule has 11 heteroatoms. The molecule has 3 N–H and O–H groups in total. The highest BCUT2D eigenvalue weighted by atomic mass is 16.4. The molecule has 3 aromatic rings. The van der Waals surface area contributed by atoms with Gasteiger partial charge in [-0.1, -0.05) is 12.1 Å². The van der Waals surface area contributed by atoms with Crippen LogP contribution in [0.4, 0.5) is 11.8 Å². The van der Waals surface area contributed by atoms with E-state index < -0.39 is 24.4 Å². The van der Waals surface area contributed by atoms with Crippen LogP contribution in [0.5, 0.6) is 0 Å². The molecule has 2 aromatic heterocycles. The van der Waals surface area contributed by atoms with Gasteiger partial charge in [0.2, 0.25) is 5.95 Å². The first-order valence-corrected chi connectivity index (χ1v) is 10.2. The second-order valence-corrected chi connectivity index (χ2v) is 7.45. The fraction of sp³-hybridized carbons (Fsp3) is 0.333. The number of aliphatic carboxylic acids is 2. The molecule has 1 atom stereocenters. The van der Waals surface area contributed by atoms with Crippen LogP contribution in [0.3, 0.4) is 0 Å². The summed E-state index contributed by atoms with van der Waals surface area (Å²) in [7, 11) is 0. The zero-order valence-corrected chi connectivity index (χ0v) is 17.3. The fourth-order valence-corrected chi connectivity index (χ4v) is 3.61. The Bertz CT molecular complexity index is 1100. The number of anilines is 2. The van der Waals surface area contributed by atoms with Crippen molar-refractivity contribution in [3.8, 4) is 0 Å². The maximum absolute atomic E-state index is 11.5. The minimum Gasteiger partial charge on any atom is -0.481 e. The SMILES string of the molecule is O=C(O)CC(Nc1nc(CN2CCN(c3ncccn3)CC2)nc2ccccc12)C(=O)O. The number of rotatable bonds is 8. The lowest BCUT2D eigenvalue weighted by Gasteiger charge is -2.34. The summed E-state index contributed by atoms with van der Waals surface area (Å²) in [6.07, 6.45) is 2.88. The Morgan fingerprint density at radius 3 is 2.41 bits per heavy atom. The number of carbonyl (C=O) groups is 2. The quantitative estimate of drug-likeness (QED) is 0.465. The lowest BCUT2D eigenvalue weighted by molar-refractivity contribution is -0.144. The van der Waals surface area contributed by atoms with E-state index >= 15 is 0 Å². The van der Waals surface area contributed by atoms with Crippen LogP contribution in [0, 0.1) is 0 Å². The first-order chi connectivity index (χ1) is 15.5. The Hall–Kier alpha value is -3.86. The number of carboxylic acid groups (broad SMARTS) is 2. The Morgan fingerprint density at radius 1 is 1.00 bits per heavy atom. The minimum absolute atomic E-state index is 0.315. The predicted molar refractivity (Wildman–Crippen MR) is 116 cm³/mol. The zero-order valence-electron chi connectivity index (χ0n) is 17.3. The van der Waals surface area contributed by atoms with E-state index in [1.54, 1.807) is 30.6 Å². The van der Waals surface area contributed by atoms with E-state index in [1.165, 1.54) is 0 Å². The van der Waals surface area contributed by atoms with Gasteiger partial charge in [-0.15, -0.1) is 0 Å². The maximum atomic E-state index is 11.5. The largest absolute Gasteiger partial charge is 0.481 e. The van der Waals surface area contributed by atoms with Crippen molar-refractivity contribution in [3.05, 3.63) is 48.5 Å². The minimum atomic E-state index is -1.30. The van der Waals surface area contributed by atoms with Crippen molar-refractivity contribution < 1.29 is 19.8 Å². The molecule has 0 amide bonds. The Kier molecular flexibility index (Phi) is 6.36. The smallest absolute Gasteiger partial charge is 0.326 e. The highest BCUT2D eigenvalue weighted by Crippen LogP contribution is 2.22. The van der Waals surface area contributed by atoms with Gasteiger partial charge in [0, 0.05) is 44.0 Å². The van der Waals surface area contributed by atoms with Gasteiger partial charge in [0.05, 0.1) is 18.5 Å². The number of piperazine rings is 1. The van der Waals surface area contributed by atoms with Crippen LogP contribution in [-0.4, -0.2) is 79.2 Å². The Labute approximate surface area is 183 Å². The third kappa shape index (κ3) is 5.06. The normalized spacial score (nSPS) is 15.4. The topological polar surface area (TPSA) is 145 Å². The number of nitrogens with zero attached hydrogens (tertiary/aromatic N) is 6. The summed E-state index contributed by atoms with van der Waals surface area (Å²) in [5.74, 6) is -0.899. The van der Waals surface area contributed by atoms with Gasteiger partial charge < -0.3 is 20.4 Å². The van der Waals surface area contributed by atoms with Gasteiger partial charge in [-0.2, -0.15) is 0 Å². The standard InChI is InChI=1S/C21H23N7O4/c29-18(30)12-16(20(31)32)25-19-14-4-1-2-5-15(14)24-17(26-19)13-27-8-10-28(11-9-27)21-22-6-3-7-23-21/h1-7,16H,8-13H2,(H,29,30)(H,31,32)(H,24,25,26). The van der Waals surface area contributed by atoms with E-state index in [0.29, 0.717) is 35.0 Å². The molecule has 1 saturated heterocycles. The number of fused-ring (bicyclic) bond motifs is 1. The third-order valence-corrected chi connectivity index (χ3v) is 5.21. The second kappa shape index (κ2) is 9.52. The van der Waals surface area contributed by atoms with Gasteiger partial charge in [-0.25, -0.2) is 24.7 Å². The molecule has 0 aliphatic carbocycles. The summed E-state index contributed by atoms with van der Waals surface area (Å²) in [6.45, 7) is 3.56. The van der Waals surface area contributed by atoms with Crippen molar-refractivity contribution in [2.75, 3.05) is 36.4 Å². The summed E-state index contributed by atoms with van der Waals surface area (Å²) in [5.41, 5.74) is 0.663. The predicted octanol–water partition coefficient (Wildman–Crippen LogP) is 1.08. The highest BCUT2D eigenvalue weighted by molar-refractivity contribution is 5.91. The number of nitrogens with one attached hydrogen (secondary N) is 1. The molecular formula is C21H23N7O4. The molecule has 4 rings (SSSR count). The molecule has 1 fully saturated rings. The van der Waals surface area contributed by atoms with Gasteiger partial charge in [-0.3, -0.25) is 9.69 Å². The van der Waals surface area contributed by atoms with Gasteiger partial charge in [0.15, 0.2) is 0 Å².